The molecule has 1 N–H and O–H groups in total. The van der Waals surface area contributed by atoms with Gasteiger partial charge in [0.15, 0.2) is 0 Å². The topological polar surface area (TPSA) is 42.0 Å². The number of nitrogens with zero attached hydrogens (tertiary/aromatic N) is 1. The zero-order chi connectivity index (χ0) is 18.7. The predicted octanol–water partition coefficient (Wildman–Crippen LogP) is 5.29. The number of fused-ring (bicyclic) bond motifs is 1. The van der Waals surface area contributed by atoms with Crippen LogP contribution >= 0.6 is 0 Å². The van der Waals surface area contributed by atoms with Crippen LogP contribution in [0.2, 0.25) is 0 Å². The molecule has 1 unspecified atom stereocenters. The molecular weight excluding hydrogens is 348 g/mol. The summed E-state index contributed by atoms with van der Waals surface area (Å²) in [5.41, 5.74) is 0.185. The number of hydrogen-bond donors (Lipinski definition) is 1. The summed E-state index contributed by atoms with van der Waals surface area (Å²) in [4.78, 5) is 16.3. The number of carbonyl (C=O) groups excluding carboxylic acids is 1. The Balaban J connectivity index is 1.69. The molecule has 0 aliphatic carbocycles. The van der Waals surface area contributed by atoms with Crippen molar-refractivity contribution in [3.05, 3.63) is 71.9 Å². The number of anilines is 1. The van der Waals surface area contributed by atoms with E-state index in [9.17, 15) is 22.4 Å². The Morgan fingerprint density at radius 3 is 2.42 bits per heavy atom. The Kier molecular flexibility index (Phi) is 4.88. The van der Waals surface area contributed by atoms with Crippen LogP contribution in [0.1, 0.15) is 23.7 Å². The minimum Gasteiger partial charge on any atom is -0.324 e. The summed E-state index contributed by atoms with van der Waals surface area (Å²) in [6, 6.07) is 12.5. The van der Waals surface area contributed by atoms with Crippen LogP contribution in [-0.4, -0.2) is 10.9 Å². The highest BCUT2D eigenvalue weighted by molar-refractivity contribution is 6.00. The first-order valence-electron chi connectivity index (χ1n) is 7.79. The molecular formula is C19H14F4N2O. The minimum absolute atomic E-state index is 0.0178. The highest BCUT2D eigenvalue weighted by Gasteiger charge is 2.30. The smallest absolute Gasteiger partial charge is 0.324 e. The Bertz CT molecular complexity index is 917. The quantitative estimate of drug-likeness (QED) is 0.641. The highest BCUT2D eigenvalue weighted by atomic mass is 19.4. The zero-order valence-electron chi connectivity index (χ0n) is 13.4. The summed E-state index contributed by atoms with van der Waals surface area (Å²) in [5, 5.41) is 3.42. The van der Waals surface area contributed by atoms with Crippen molar-refractivity contribution < 1.29 is 22.4 Å². The van der Waals surface area contributed by atoms with Crippen LogP contribution in [0, 0.1) is 0 Å². The number of para-hydroxylation sites is 1. The van der Waals surface area contributed by atoms with Gasteiger partial charge in [0.2, 0.25) is 5.91 Å². The van der Waals surface area contributed by atoms with Crippen molar-refractivity contribution in [2.24, 2.45) is 0 Å². The number of aromatic nitrogens is 1. The molecule has 0 aliphatic rings. The Morgan fingerprint density at radius 1 is 1.04 bits per heavy atom. The van der Waals surface area contributed by atoms with Crippen LogP contribution in [0.15, 0.2) is 60.8 Å². The summed E-state index contributed by atoms with van der Waals surface area (Å²) in [6.45, 7) is 0. The lowest BCUT2D eigenvalue weighted by molar-refractivity contribution is -0.137. The van der Waals surface area contributed by atoms with Crippen molar-refractivity contribution in [3.63, 3.8) is 0 Å². The number of pyridine rings is 1. The molecule has 2 aromatic carbocycles. The van der Waals surface area contributed by atoms with Crippen LogP contribution in [0.4, 0.5) is 23.2 Å². The van der Waals surface area contributed by atoms with Gasteiger partial charge in [-0.25, -0.2) is 4.39 Å². The summed E-state index contributed by atoms with van der Waals surface area (Å²) < 4.78 is 51.9. The SMILES string of the molecule is O=C(CC(F)c1ccc(C(F)(F)F)cc1)Nc1cccc2cccnc12. The number of nitrogens with one attached hydrogen (secondary N) is 1. The predicted molar refractivity (Wildman–Crippen MR) is 90.3 cm³/mol. The van der Waals surface area contributed by atoms with E-state index in [4.69, 9.17) is 0 Å². The minimum atomic E-state index is -4.48. The fourth-order valence-corrected chi connectivity index (χ4v) is 2.57. The molecule has 1 amide bonds. The van der Waals surface area contributed by atoms with E-state index in [0.717, 1.165) is 29.7 Å². The molecule has 0 saturated carbocycles. The number of rotatable bonds is 4. The van der Waals surface area contributed by atoms with Crippen molar-refractivity contribution in [1.29, 1.82) is 0 Å². The van der Waals surface area contributed by atoms with Crippen molar-refractivity contribution in [2.45, 2.75) is 18.8 Å². The first-order valence-corrected chi connectivity index (χ1v) is 7.79. The lowest BCUT2D eigenvalue weighted by Crippen LogP contribution is -2.14. The number of benzene rings is 2. The number of amides is 1. The first-order chi connectivity index (χ1) is 12.3. The third kappa shape index (κ3) is 3.99. The molecule has 0 saturated heterocycles. The van der Waals surface area contributed by atoms with Gasteiger partial charge in [0.05, 0.1) is 23.2 Å². The third-order valence-electron chi connectivity index (χ3n) is 3.87. The second-order valence-electron chi connectivity index (χ2n) is 5.72. The third-order valence-corrected chi connectivity index (χ3v) is 3.87. The molecule has 0 aliphatic heterocycles. The van der Waals surface area contributed by atoms with Gasteiger partial charge in [0, 0.05) is 11.6 Å². The van der Waals surface area contributed by atoms with Crippen molar-refractivity contribution in [2.75, 3.05) is 5.32 Å². The molecule has 0 fully saturated rings. The molecule has 0 spiro atoms. The van der Waals surface area contributed by atoms with Gasteiger partial charge < -0.3 is 5.32 Å². The van der Waals surface area contributed by atoms with Gasteiger partial charge in [-0.2, -0.15) is 13.2 Å². The maximum atomic E-state index is 14.3. The molecule has 3 nitrogen and oxygen atoms in total. The van der Waals surface area contributed by atoms with E-state index in [-0.39, 0.29) is 5.56 Å². The lowest BCUT2D eigenvalue weighted by atomic mass is 10.0. The molecule has 7 heteroatoms. The van der Waals surface area contributed by atoms with Gasteiger partial charge in [-0.3, -0.25) is 9.78 Å². The highest BCUT2D eigenvalue weighted by Crippen LogP contribution is 2.31. The first kappa shape index (κ1) is 17.8. The Labute approximate surface area is 146 Å². The fourth-order valence-electron chi connectivity index (χ4n) is 2.57. The van der Waals surface area contributed by atoms with Crippen molar-refractivity contribution in [3.8, 4) is 0 Å². The number of hydrogen-bond acceptors (Lipinski definition) is 2. The number of halogens is 4. The molecule has 134 valence electrons. The fraction of sp³-hybridized carbons (Fsp3) is 0.158. The van der Waals surface area contributed by atoms with Gasteiger partial charge in [-0.05, 0) is 29.8 Å². The molecule has 1 heterocycles. The maximum Gasteiger partial charge on any atom is 0.416 e. The second kappa shape index (κ2) is 7.11. The molecule has 3 aromatic rings. The molecule has 26 heavy (non-hydrogen) atoms. The van der Waals surface area contributed by atoms with Gasteiger partial charge in [-0.15, -0.1) is 0 Å². The molecule has 3 rings (SSSR count). The van der Waals surface area contributed by atoms with E-state index in [1.54, 1.807) is 24.4 Å². The average Bonchev–Trinajstić information content (AvgIpc) is 2.61. The summed E-state index contributed by atoms with van der Waals surface area (Å²) in [7, 11) is 0. The summed E-state index contributed by atoms with van der Waals surface area (Å²) in [6.07, 6.45) is -5.12. The monoisotopic (exact) mass is 362 g/mol. The zero-order valence-corrected chi connectivity index (χ0v) is 13.4. The number of alkyl halides is 4. The maximum absolute atomic E-state index is 14.3. The molecule has 0 radical (unpaired) electrons. The standard InChI is InChI=1S/C19H14F4N2O/c20-15(12-6-8-14(9-7-12)19(21,22)23)11-17(26)25-16-5-1-3-13-4-2-10-24-18(13)16/h1-10,15H,11H2,(H,25,26). The number of carbonyl (C=O) groups is 1. The van der Waals surface area contributed by atoms with E-state index in [0.29, 0.717) is 11.2 Å². The van der Waals surface area contributed by atoms with Crippen molar-refractivity contribution >= 4 is 22.5 Å². The van der Waals surface area contributed by atoms with Crippen molar-refractivity contribution in [1.82, 2.24) is 4.98 Å². The lowest BCUT2D eigenvalue weighted by Gasteiger charge is -2.12. The van der Waals surface area contributed by atoms with Crippen LogP contribution in [0.5, 0.6) is 0 Å². The van der Waals surface area contributed by atoms with Crippen LogP contribution in [0.3, 0.4) is 0 Å². The Morgan fingerprint density at radius 2 is 1.73 bits per heavy atom. The summed E-state index contributed by atoms with van der Waals surface area (Å²) >= 11 is 0. The van der Waals surface area contributed by atoms with Gasteiger partial charge in [0.1, 0.15) is 6.17 Å². The normalized spacial score (nSPS) is 12.8. The van der Waals surface area contributed by atoms with E-state index in [1.165, 1.54) is 0 Å². The van der Waals surface area contributed by atoms with Crippen LogP contribution in [-0.2, 0) is 11.0 Å². The Hall–Kier alpha value is -2.96. The largest absolute Gasteiger partial charge is 0.416 e. The molecule has 1 aromatic heterocycles. The van der Waals surface area contributed by atoms with E-state index >= 15 is 0 Å². The van der Waals surface area contributed by atoms with Gasteiger partial charge in [0.25, 0.3) is 0 Å². The molecule has 1 atom stereocenters. The van der Waals surface area contributed by atoms with E-state index < -0.39 is 30.2 Å². The summed E-state index contributed by atoms with van der Waals surface area (Å²) in [5.74, 6) is -0.587. The molecule has 0 bridgehead atoms. The van der Waals surface area contributed by atoms with Gasteiger partial charge in [-0.1, -0.05) is 30.3 Å². The average molecular weight is 362 g/mol. The van der Waals surface area contributed by atoms with Gasteiger partial charge >= 0.3 is 6.18 Å². The van der Waals surface area contributed by atoms with E-state index in [1.807, 2.05) is 12.1 Å². The van der Waals surface area contributed by atoms with E-state index in [2.05, 4.69) is 10.3 Å². The van der Waals surface area contributed by atoms with Crippen LogP contribution < -0.4 is 5.32 Å². The van der Waals surface area contributed by atoms with Crippen LogP contribution in [0.25, 0.3) is 10.9 Å². The second-order valence-corrected chi connectivity index (χ2v) is 5.72.